The molecule has 0 spiro atoms. The second-order valence-corrected chi connectivity index (χ2v) is 5.82. The quantitative estimate of drug-likeness (QED) is 0.816. The van der Waals surface area contributed by atoms with E-state index in [1.54, 1.807) is 16.3 Å². The molecule has 0 bridgehead atoms. The lowest BCUT2D eigenvalue weighted by Gasteiger charge is -2.30. The molecule has 2 heterocycles. The van der Waals surface area contributed by atoms with E-state index in [1.165, 1.54) is 17.4 Å². The molecule has 1 fully saturated rings. The smallest absolute Gasteiger partial charge is 0.328 e. The fourth-order valence-electron chi connectivity index (χ4n) is 2.26. The van der Waals surface area contributed by atoms with Gasteiger partial charge in [-0.2, -0.15) is 0 Å². The fraction of sp³-hybridized carbons (Fsp3) is 0.357. The number of carboxylic acid groups (broad SMARTS) is 1. The van der Waals surface area contributed by atoms with Gasteiger partial charge in [-0.05, 0) is 25.0 Å². The van der Waals surface area contributed by atoms with Crippen LogP contribution in [-0.2, 0) is 9.59 Å². The van der Waals surface area contributed by atoms with Gasteiger partial charge in [0, 0.05) is 35.3 Å². The topological polar surface area (TPSA) is 101 Å². The standard InChI is InChI=1S/C14H16N2O4S/c15-13(19)9-3-5-16(6-4-9)14(20)10-7-11(21-8-10)1-2-12(17)18/h1-2,7-9H,3-6H2,(H2,15,19)(H,17,18). The molecule has 112 valence electrons. The van der Waals surface area contributed by atoms with Gasteiger partial charge in [-0.1, -0.05) is 0 Å². The fourth-order valence-corrected chi connectivity index (χ4v) is 3.03. The van der Waals surface area contributed by atoms with Crippen LogP contribution in [0.1, 0.15) is 28.1 Å². The molecule has 0 aromatic carbocycles. The number of piperidine rings is 1. The summed E-state index contributed by atoms with van der Waals surface area (Å²) in [6.07, 6.45) is 3.69. The number of nitrogens with two attached hydrogens (primary N) is 1. The molecule has 0 aliphatic carbocycles. The van der Waals surface area contributed by atoms with Crippen LogP contribution in [0.2, 0.25) is 0 Å². The Labute approximate surface area is 125 Å². The molecule has 0 radical (unpaired) electrons. The third kappa shape index (κ3) is 3.91. The Morgan fingerprint density at radius 3 is 2.57 bits per heavy atom. The van der Waals surface area contributed by atoms with Crippen LogP contribution in [-0.4, -0.2) is 40.9 Å². The van der Waals surface area contributed by atoms with Crippen LogP contribution >= 0.6 is 11.3 Å². The van der Waals surface area contributed by atoms with Crippen molar-refractivity contribution in [3.8, 4) is 0 Å². The van der Waals surface area contributed by atoms with Crippen LogP contribution in [0.3, 0.4) is 0 Å². The molecular formula is C14H16N2O4S. The Kier molecular flexibility index (Phi) is 4.74. The number of hydrogen-bond acceptors (Lipinski definition) is 4. The minimum Gasteiger partial charge on any atom is -0.478 e. The first-order valence-corrected chi connectivity index (χ1v) is 7.43. The first-order chi connectivity index (χ1) is 9.97. The highest BCUT2D eigenvalue weighted by atomic mass is 32.1. The minimum atomic E-state index is -1.02. The lowest BCUT2D eigenvalue weighted by Crippen LogP contribution is -2.41. The Hall–Kier alpha value is -2.15. The number of carbonyl (C=O) groups is 3. The Balaban J connectivity index is 1.98. The van der Waals surface area contributed by atoms with Gasteiger partial charge in [0.2, 0.25) is 5.91 Å². The molecule has 3 N–H and O–H groups in total. The van der Waals surface area contributed by atoms with Crippen LogP contribution in [0.15, 0.2) is 17.5 Å². The van der Waals surface area contributed by atoms with Gasteiger partial charge in [-0.25, -0.2) is 4.79 Å². The van der Waals surface area contributed by atoms with Crippen molar-refractivity contribution >= 4 is 35.2 Å². The van der Waals surface area contributed by atoms with Crippen molar-refractivity contribution in [2.75, 3.05) is 13.1 Å². The average molecular weight is 308 g/mol. The minimum absolute atomic E-state index is 0.0934. The number of carbonyl (C=O) groups excluding carboxylic acids is 2. The van der Waals surface area contributed by atoms with E-state index in [0.717, 1.165) is 6.08 Å². The summed E-state index contributed by atoms with van der Waals surface area (Å²) < 4.78 is 0. The normalized spacial score (nSPS) is 16.3. The zero-order valence-corrected chi connectivity index (χ0v) is 12.1. The van der Waals surface area contributed by atoms with Crippen molar-refractivity contribution in [3.63, 3.8) is 0 Å². The molecule has 2 rings (SSSR count). The van der Waals surface area contributed by atoms with Crippen molar-refractivity contribution in [1.82, 2.24) is 4.90 Å². The Morgan fingerprint density at radius 2 is 2.00 bits per heavy atom. The Morgan fingerprint density at radius 1 is 1.33 bits per heavy atom. The number of aliphatic carboxylic acids is 1. The number of primary amides is 1. The number of nitrogens with zero attached hydrogens (tertiary/aromatic N) is 1. The number of likely N-dealkylation sites (tertiary alicyclic amines) is 1. The summed E-state index contributed by atoms with van der Waals surface area (Å²) in [5, 5.41) is 10.3. The molecule has 1 aromatic rings. The molecule has 1 aliphatic heterocycles. The van der Waals surface area contributed by atoms with Gasteiger partial charge in [0.1, 0.15) is 0 Å². The van der Waals surface area contributed by atoms with Crippen molar-refractivity contribution in [3.05, 3.63) is 28.0 Å². The zero-order chi connectivity index (χ0) is 15.4. The van der Waals surface area contributed by atoms with E-state index in [9.17, 15) is 14.4 Å². The molecular weight excluding hydrogens is 292 g/mol. The van der Waals surface area contributed by atoms with Gasteiger partial charge in [-0.3, -0.25) is 9.59 Å². The number of hydrogen-bond donors (Lipinski definition) is 2. The average Bonchev–Trinajstić information content (AvgIpc) is 2.93. The SMILES string of the molecule is NC(=O)C1CCN(C(=O)c2csc(C=CC(=O)O)c2)CC1. The van der Waals surface area contributed by atoms with Gasteiger partial charge < -0.3 is 15.7 Å². The summed E-state index contributed by atoms with van der Waals surface area (Å²) in [5.41, 5.74) is 5.81. The number of amides is 2. The van der Waals surface area contributed by atoms with Crippen LogP contribution in [0.5, 0.6) is 0 Å². The maximum Gasteiger partial charge on any atom is 0.328 e. The lowest BCUT2D eigenvalue weighted by molar-refractivity contribution is -0.131. The molecule has 2 amide bonds. The molecule has 0 saturated carbocycles. The van der Waals surface area contributed by atoms with Crippen LogP contribution in [0, 0.1) is 5.92 Å². The molecule has 1 aromatic heterocycles. The maximum atomic E-state index is 12.3. The van der Waals surface area contributed by atoms with E-state index >= 15 is 0 Å². The highest BCUT2D eigenvalue weighted by molar-refractivity contribution is 7.11. The molecule has 7 heteroatoms. The summed E-state index contributed by atoms with van der Waals surface area (Å²) >= 11 is 1.32. The van der Waals surface area contributed by atoms with E-state index in [1.807, 2.05) is 0 Å². The molecule has 0 unspecified atom stereocenters. The van der Waals surface area contributed by atoms with Crippen LogP contribution in [0.25, 0.3) is 6.08 Å². The maximum absolute atomic E-state index is 12.3. The van der Waals surface area contributed by atoms with E-state index in [-0.39, 0.29) is 17.7 Å². The van der Waals surface area contributed by atoms with Crippen molar-refractivity contribution in [1.29, 1.82) is 0 Å². The first kappa shape index (κ1) is 15.2. The highest BCUT2D eigenvalue weighted by Gasteiger charge is 2.26. The number of rotatable bonds is 4. The highest BCUT2D eigenvalue weighted by Crippen LogP contribution is 2.22. The molecule has 0 atom stereocenters. The predicted octanol–water partition coefficient (Wildman–Crippen LogP) is 1.18. The van der Waals surface area contributed by atoms with Gasteiger partial charge in [0.25, 0.3) is 5.91 Å². The van der Waals surface area contributed by atoms with Crippen molar-refractivity contribution in [2.45, 2.75) is 12.8 Å². The molecule has 1 saturated heterocycles. The van der Waals surface area contributed by atoms with Crippen LogP contribution < -0.4 is 5.73 Å². The van der Waals surface area contributed by atoms with Gasteiger partial charge in [0.15, 0.2) is 0 Å². The third-order valence-electron chi connectivity index (χ3n) is 3.44. The van der Waals surface area contributed by atoms with Gasteiger partial charge in [0.05, 0.1) is 5.56 Å². The van der Waals surface area contributed by atoms with Crippen molar-refractivity contribution in [2.24, 2.45) is 11.7 Å². The van der Waals surface area contributed by atoms with E-state index in [0.29, 0.717) is 36.4 Å². The van der Waals surface area contributed by atoms with E-state index in [4.69, 9.17) is 10.8 Å². The summed E-state index contributed by atoms with van der Waals surface area (Å²) in [7, 11) is 0. The molecule has 6 nitrogen and oxygen atoms in total. The summed E-state index contributed by atoms with van der Waals surface area (Å²) in [6, 6.07) is 1.67. The monoisotopic (exact) mass is 308 g/mol. The molecule has 21 heavy (non-hydrogen) atoms. The lowest BCUT2D eigenvalue weighted by atomic mass is 9.96. The summed E-state index contributed by atoms with van der Waals surface area (Å²) in [6.45, 7) is 1.03. The largest absolute Gasteiger partial charge is 0.478 e. The van der Waals surface area contributed by atoms with E-state index in [2.05, 4.69) is 0 Å². The number of carboxylic acids is 1. The van der Waals surface area contributed by atoms with Crippen molar-refractivity contribution < 1.29 is 19.5 Å². The summed E-state index contributed by atoms with van der Waals surface area (Å²) in [5.74, 6) is -1.57. The molecule has 1 aliphatic rings. The first-order valence-electron chi connectivity index (χ1n) is 6.55. The second-order valence-electron chi connectivity index (χ2n) is 4.88. The van der Waals surface area contributed by atoms with Crippen LogP contribution in [0.4, 0.5) is 0 Å². The predicted molar refractivity (Wildman–Crippen MR) is 78.8 cm³/mol. The number of thiophene rings is 1. The van der Waals surface area contributed by atoms with Gasteiger partial charge >= 0.3 is 5.97 Å². The third-order valence-corrected chi connectivity index (χ3v) is 4.34. The Bertz CT molecular complexity index is 586. The van der Waals surface area contributed by atoms with E-state index < -0.39 is 5.97 Å². The van der Waals surface area contributed by atoms with Gasteiger partial charge in [-0.15, -0.1) is 11.3 Å². The zero-order valence-electron chi connectivity index (χ0n) is 11.3. The second kappa shape index (κ2) is 6.53. The summed E-state index contributed by atoms with van der Waals surface area (Å²) in [4.78, 5) is 36.3.